The van der Waals surface area contributed by atoms with Crippen molar-refractivity contribution in [1.29, 1.82) is 0 Å². The lowest BCUT2D eigenvalue weighted by Crippen LogP contribution is -2.28. The van der Waals surface area contributed by atoms with Crippen molar-refractivity contribution in [3.63, 3.8) is 0 Å². The van der Waals surface area contributed by atoms with E-state index in [1.807, 2.05) is 6.92 Å². The molecule has 1 heterocycles. The Morgan fingerprint density at radius 1 is 1.11 bits per heavy atom. The number of carbonyl (C=O) groups excluding carboxylic acids is 3. The second-order valence-electron chi connectivity index (χ2n) is 5.71. The first-order valence-electron chi connectivity index (χ1n) is 8.68. The van der Waals surface area contributed by atoms with Crippen LogP contribution < -0.4 is 10.6 Å². The van der Waals surface area contributed by atoms with E-state index in [0.717, 1.165) is 17.0 Å². The van der Waals surface area contributed by atoms with Gasteiger partial charge in [-0.05, 0) is 31.5 Å². The summed E-state index contributed by atoms with van der Waals surface area (Å²) < 4.78 is 31.4. The molecule has 0 spiro atoms. The molecule has 0 aliphatic heterocycles. The molecule has 0 fully saturated rings. The van der Waals surface area contributed by atoms with E-state index in [1.165, 1.54) is 11.3 Å². The summed E-state index contributed by atoms with van der Waals surface area (Å²) >= 11 is 1.28. The highest BCUT2D eigenvalue weighted by atomic mass is 32.1. The molecule has 0 unspecified atom stereocenters. The van der Waals surface area contributed by atoms with Gasteiger partial charge >= 0.3 is 5.97 Å². The summed E-state index contributed by atoms with van der Waals surface area (Å²) in [6.45, 7) is 3.78. The van der Waals surface area contributed by atoms with Crippen molar-refractivity contribution in [3.8, 4) is 0 Å². The molecule has 2 aromatic rings. The Labute approximate surface area is 164 Å². The number of benzene rings is 1. The molecule has 28 heavy (non-hydrogen) atoms. The van der Waals surface area contributed by atoms with Gasteiger partial charge in [-0.2, -0.15) is 0 Å². The number of halogens is 2. The minimum Gasteiger partial charge on any atom is -0.462 e. The minimum absolute atomic E-state index is 0.0533. The van der Waals surface area contributed by atoms with Crippen molar-refractivity contribution in [2.45, 2.75) is 26.7 Å². The van der Waals surface area contributed by atoms with E-state index in [-0.39, 0.29) is 30.7 Å². The average Bonchev–Trinajstić information content (AvgIpc) is 3.04. The van der Waals surface area contributed by atoms with Crippen LogP contribution in [-0.2, 0) is 16.0 Å². The summed E-state index contributed by atoms with van der Waals surface area (Å²) in [5.74, 6) is -3.45. The molecule has 0 radical (unpaired) electrons. The Hall–Kier alpha value is -2.81. The predicted molar refractivity (Wildman–Crippen MR) is 102 cm³/mol. The second kappa shape index (κ2) is 9.93. The number of rotatable bonds is 8. The number of ether oxygens (including phenoxy) is 1. The normalized spacial score (nSPS) is 10.4. The first kappa shape index (κ1) is 21.5. The molecular formula is C19H20F2N2O4S. The SMILES string of the molecule is CCOC(=O)c1cc(CC)sc1NC(=O)CCNC(=O)c1ccc(F)cc1F. The first-order chi connectivity index (χ1) is 13.3. The van der Waals surface area contributed by atoms with Gasteiger partial charge in [0.25, 0.3) is 5.91 Å². The Bertz CT molecular complexity index is 883. The van der Waals surface area contributed by atoms with Crippen molar-refractivity contribution in [1.82, 2.24) is 5.32 Å². The summed E-state index contributed by atoms with van der Waals surface area (Å²) in [4.78, 5) is 37.0. The lowest BCUT2D eigenvalue weighted by atomic mass is 10.2. The molecule has 0 bridgehead atoms. The van der Waals surface area contributed by atoms with Crippen LogP contribution in [0.4, 0.5) is 13.8 Å². The van der Waals surface area contributed by atoms with Gasteiger partial charge in [0.05, 0.1) is 17.7 Å². The third-order valence-electron chi connectivity index (χ3n) is 3.69. The van der Waals surface area contributed by atoms with E-state index < -0.39 is 29.4 Å². The number of thiophene rings is 1. The van der Waals surface area contributed by atoms with E-state index in [4.69, 9.17) is 4.74 Å². The van der Waals surface area contributed by atoms with Crippen LogP contribution in [0.2, 0.25) is 0 Å². The lowest BCUT2D eigenvalue weighted by Gasteiger charge is -2.08. The largest absolute Gasteiger partial charge is 0.462 e. The van der Waals surface area contributed by atoms with Crippen molar-refractivity contribution < 1.29 is 27.9 Å². The zero-order chi connectivity index (χ0) is 20.7. The highest BCUT2D eigenvalue weighted by molar-refractivity contribution is 7.16. The van der Waals surface area contributed by atoms with Crippen molar-refractivity contribution in [2.24, 2.45) is 0 Å². The van der Waals surface area contributed by atoms with Crippen LogP contribution >= 0.6 is 11.3 Å². The average molecular weight is 410 g/mol. The van der Waals surface area contributed by atoms with Crippen LogP contribution in [0.1, 0.15) is 45.9 Å². The molecule has 2 N–H and O–H groups in total. The molecule has 6 nitrogen and oxygen atoms in total. The van der Waals surface area contributed by atoms with Crippen LogP contribution in [-0.4, -0.2) is 30.9 Å². The maximum absolute atomic E-state index is 13.6. The Morgan fingerprint density at radius 3 is 2.50 bits per heavy atom. The van der Waals surface area contributed by atoms with Gasteiger partial charge in [0, 0.05) is 23.9 Å². The van der Waals surface area contributed by atoms with Gasteiger partial charge in [-0.15, -0.1) is 11.3 Å². The zero-order valence-corrected chi connectivity index (χ0v) is 16.3. The zero-order valence-electron chi connectivity index (χ0n) is 15.4. The number of anilines is 1. The summed E-state index contributed by atoms with van der Waals surface area (Å²) in [7, 11) is 0. The van der Waals surface area contributed by atoms with Gasteiger partial charge in [0.15, 0.2) is 0 Å². The van der Waals surface area contributed by atoms with Crippen LogP contribution in [0.5, 0.6) is 0 Å². The van der Waals surface area contributed by atoms with E-state index in [1.54, 1.807) is 13.0 Å². The molecule has 0 atom stereocenters. The molecule has 9 heteroatoms. The van der Waals surface area contributed by atoms with E-state index >= 15 is 0 Å². The quantitative estimate of drug-likeness (QED) is 0.652. The maximum Gasteiger partial charge on any atom is 0.341 e. The van der Waals surface area contributed by atoms with E-state index in [9.17, 15) is 23.2 Å². The number of esters is 1. The Morgan fingerprint density at radius 2 is 1.86 bits per heavy atom. The summed E-state index contributed by atoms with van der Waals surface area (Å²) in [5, 5.41) is 5.43. The molecule has 1 aromatic heterocycles. The smallest absolute Gasteiger partial charge is 0.341 e. The van der Waals surface area contributed by atoms with Gasteiger partial charge < -0.3 is 15.4 Å². The molecule has 0 saturated heterocycles. The number of nitrogens with one attached hydrogen (secondary N) is 2. The summed E-state index contributed by atoms with van der Waals surface area (Å²) in [5.41, 5.74) is -0.0216. The third-order valence-corrected chi connectivity index (χ3v) is 4.89. The van der Waals surface area contributed by atoms with Gasteiger partial charge in [-0.1, -0.05) is 6.92 Å². The minimum atomic E-state index is -0.980. The number of hydrogen-bond donors (Lipinski definition) is 2. The van der Waals surface area contributed by atoms with Crippen molar-refractivity contribution in [2.75, 3.05) is 18.5 Å². The maximum atomic E-state index is 13.6. The molecule has 2 rings (SSSR count). The Kier molecular flexibility index (Phi) is 7.62. The highest BCUT2D eigenvalue weighted by Gasteiger charge is 2.19. The number of hydrogen-bond acceptors (Lipinski definition) is 5. The fourth-order valence-corrected chi connectivity index (χ4v) is 3.32. The van der Waals surface area contributed by atoms with Gasteiger partial charge in [-0.25, -0.2) is 13.6 Å². The molecular weight excluding hydrogens is 390 g/mol. The monoisotopic (exact) mass is 410 g/mol. The van der Waals surface area contributed by atoms with Crippen LogP contribution in [0.3, 0.4) is 0 Å². The highest BCUT2D eigenvalue weighted by Crippen LogP contribution is 2.29. The topological polar surface area (TPSA) is 84.5 Å². The first-order valence-corrected chi connectivity index (χ1v) is 9.50. The number of aryl methyl sites for hydroxylation is 1. The molecule has 0 saturated carbocycles. The van der Waals surface area contributed by atoms with Crippen LogP contribution in [0, 0.1) is 11.6 Å². The fourth-order valence-electron chi connectivity index (χ4n) is 2.32. The molecule has 1 aromatic carbocycles. The number of amides is 2. The van der Waals surface area contributed by atoms with Crippen molar-refractivity contribution >= 4 is 34.1 Å². The van der Waals surface area contributed by atoms with Crippen LogP contribution in [0.25, 0.3) is 0 Å². The second-order valence-corrected chi connectivity index (χ2v) is 6.84. The van der Waals surface area contributed by atoms with E-state index in [0.29, 0.717) is 17.5 Å². The van der Waals surface area contributed by atoms with Gasteiger partial charge in [0.2, 0.25) is 5.91 Å². The van der Waals surface area contributed by atoms with Gasteiger partial charge in [-0.3, -0.25) is 9.59 Å². The van der Waals surface area contributed by atoms with Crippen molar-refractivity contribution in [3.05, 3.63) is 51.9 Å². The van der Waals surface area contributed by atoms with Gasteiger partial charge in [0.1, 0.15) is 16.6 Å². The molecule has 0 aliphatic carbocycles. The summed E-state index contributed by atoms with van der Waals surface area (Å²) in [6.07, 6.45) is 0.614. The summed E-state index contributed by atoms with van der Waals surface area (Å²) in [6, 6.07) is 4.30. The Balaban J connectivity index is 1.93. The molecule has 2 amide bonds. The fraction of sp³-hybridized carbons (Fsp3) is 0.316. The lowest BCUT2D eigenvalue weighted by molar-refractivity contribution is -0.116. The molecule has 150 valence electrons. The van der Waals surface area contributed by atoms with E-state index in [2.05, 4.69) is 10.6 Å². The third kappa shape index (κ3) is 5.59. The van der Waals surface area contributed by atoms with Crippen LogP contribution in [0.15, 0.2) is 24.3 Å². The number of carbonyl (C=O) groups is 3. The predicted octanol–water partition coefficient (Wildman–Crippen LogP) is 3.52. The molecule has 0 aliphatic rings. The standard InChI is InChI=1S/C19H20F2N2O4S/c1-3-12-10-14(19(26)27-4-2)18(28-12)23-16(24)7-8-22-17(25)13-6-5-11(20)9-15(13)21/h5-6,9-10H,3-4,7-8H2,1-2H3,(H,22,25)(H,23,24).